The van der Waals surface area contributed by atoms with Gasteiger partial charge in [0, 0.05) is 18.1 Å². The van der Waals surface area contributed by atoms with Crippen molar-refractivity contribution < 1.29 is 14.3 Å². The van der Waals surface area contributed by atoms with Gasteiger partial charge < -0.3 is 14.8 Å². The van der Waals surface area contributed by atoms with Crippen molar-refractivity contribution in [2.75, 3.05) is 12.4 Å². The molecule has 1 aromatic heterocycles. The zero-order valence-corrected chi connectivity index (χ0v) is 13.1. The smallest absolute Gasteiger partial charge is 0.257 e. The molecule has 0 bridgehead atoms. The highest BCUT2D eigenvalue weighted by atomic mass is 16.5. The summed E-state index contributed by atoms with van der Waals surface area (Å²) in [7, 11) is 1.60. The second-order valence-electron chi connectivity index (χ2n) is 4.97. The Morgan fingerprint density at radius 3 is 2.38 bits per heavy atom. The van der Waals surface area contributed by atoms with Crippen LogP contribution in [0.25, 0.3) is 0 Å². The van der Waals surface area contributed by atoms with Crippen LogP contribution in [0.5, 0.6) is 17.2 Å². The van der Waals surface area contributed by atoms with Crippen molar-refractivity contribution >= 4 is 11.6 Å². The number of ether oxygens (including phenoxy) is 2. The maximum Gasteiger partial charge on any atom is 0.257 e. The normalized spacial score (nSPS) is 10.0. The predicted octanol–water partition coefficient (Wildman–Crippen LogP) is 4.13. The predicted molar refractivity (Wildman–Crippen MR) is 91.7 cm³/mol. The van der Waals surface area contributed by atoms with Gasteiger partial charge in [-0.2, -0.15) is 0 Å². The fraction of sp³-hybridized carbons (Fsp3) is 0.0526. The third-order valence-electron chi connectivity index (χ3n) is 3.33. The molecule has 0 aliphatic rings. The Labute approximate surface area is 139 Å². The summed E-state index contributed by atoms with van der Waals surface area (Å²) in [5.41, 5.74) is 1.18. The van der Waals surface area contributed by atoms with Crippen LogP contribution in [-0.2, 0) is 0 Å². The molecule has 0 unspecified atom stereocenters. The molecule has 3 aromatic rings. The van der Waals surface area contributed by atoms with Crippen LogP contribution in [0.15, 0.2) is 73.1 Å². The van der Waals surface area contributed by atoms with E-state index in [0.717, 1.165) is 0 Å². The van der Waals surface area contributed by atoms with Gasteiger partial charge in [-0.1, -0.05) is 12.1 Å². The minimum atomic E-state index is -0.207. The number of methoxy groups -OCH3 is 1. The van der Waals surface area contributed by atoms with E-state index in [1.807, 2.05) is 24.3 Å². The maximum absolute atomic E-state index is 12.1. The summed E-state index contributed by atoms with van der Waals surface area (Å²) in [4.78, 5) is 16.0. The largest absolute Gasteiger partial charge is 0.493 e. The van der Waals surface area contributed by atoms with Crippen LogP contribution in [0, 0.1) is 0 Å². The van der Waals surface area contributed by atoms with Crippen molar-refractivity contribution in [2.24, 2.45) is 0 Å². The van der Waals surface area contributed by atoms with E-state index in [4.69, 9.17) is 9.47 Å². The molecular formula is C19H16N2O3. The summed E-state index contributed by atoms with van der Waals surface area (Å²) in [5, 5.41) is 2.81. The lowest BCUT2D eigenvalue weighted by Crippen LogP contribution is -2.11. The number of benzene rings is 2. The Morgan fingerprint density at radius 1 is 0.958 bits per heavy atom. The molecule has 1 heterocycles. The van der Waals surface area contributed by atoms with E-state index in [2.05, 4.69) is 10.3 Å². The lowest BCUT2D eigenvalue weighted by Gasteiger charge is -2.10. The fourth-order valence-electron chi connectivity index (χ4n) is 2.14. The van der Waals surface area contributed by atoms with E-state index in [1.54, 1.807) is 49.7 Å². The molecule has 120 valence electrons. The van der Waals surface area contributed by atoms with Gasteiger partial charge in [-0.25, -0.2) is 0 Å². The first-order valence-electron chi connectivity index (χ1n) is 7.38. The number of para-hydroxylation sites is 2. The number of carbonyl (C=O) groups excluding carboxylic acids is 1. The zero-order valence-electron chi connectivity index (χ0n) is 13.1. The highest BCUT2D eigenvalue weighted by Crippen LogP contribution is 2.31. The van der Waals surface area contributed by atoms with Gasteiger partial charge >= 0.3 is 0 Å². The first-order valence-corrected chi connectivity index (χ1v) is 7.38. The number of hydrogen-bond acceptors (Lipinski definition) is 4. The Bertz CT molecular complexity index is 818. The molecule has 0 aliphatic heterocycles. The molecular weight excluding hydrogens is 304 g/mol. The van der Waals surface area contributed by atoms with Crippen molar-refractivity contribution in [3.63, 3.8) is 0 Å². The van der Waals surface area contributed by atoms with Gasteiger partial charge in [-0.05, 0) is 48.5 Å². The van der Waals surface area contributed by atoms with Crippen LogP contribution in [0.4, 0.5) is 5.69 Å². The van der Waals surface area contributed by atoms with Crippen LogP contribution in [0.2, 0.25) is 0 Å². The first-order chi connectivity index (χ1) is 11.8. The summed E-state index contributed by atoms with van der Waals surface area (Å²) < 4.78 is 11.1. The van der Waals surface area contributed by atoms with Crippen molar-refractivity contribution in [3.8, 4) is 17.2 Å². The van der Waals surface area contributed by atoms with E-state index >= 15 is 0 Å². The van der Waals surface area contributed by atoms with E-state index in [1.165, 1.54) is 6.20 Å². The fourth-order valence-corrected chi connectivity index (χ4v) is 2.14. The van der Waals surface area contributed by atoms with Crippen LogP contribution in [-0.4, -0.2) is 18.0 Å². The Balaban J connectivity index is 1.68. The van der Waals surface area contributed by atoms with Gasteiger partial charge in [0.05, 0.1) is 12.7 Å². The van der Waals surface area contributed by atoms with E-state index in [-0.39, 0.29) is 5.91 Å². The summed E-state index contributed by atoms with van der Waals surface area (Å²) in [6.45, 7) is 0. The molecule has 0 fully saturated rings. The summed E-state index contributed by atoms with van der Waals surface area (Å²) in [6.07, 6.45) is 3.15. The third-order valence-corrected chi connectivity index (χ3v) is 3.33. The highest BCUT2D eigenvalue weighted by molar-refractivity contribution is 6.04. The Hall–Kier alpha value is -3.34. The number of pyridine rings is 1. The van der Waals surface area contributed by atoms with Crippen molar-refractivity contribution in [2.45, 2.75) is 0 Å². The second kappa shape index (κ2) is 7.28. The molecule has 5 heteroatoms. The zero-order chi connectivity index (χ0) is 16.8. The van der Waals surface area contributed by atoms with Gasteiger partial charge in [-0.15, -0.1) is 0 Å². The summed E-state index contributed by atoms with van der Waals surface area (Å²) in [6, 6.07) is 18.0. The van der Waals surface area contributed by atoms with Crippen molar-refractivity contribution in [1.82, 2.24) is 4.98 Å². The van der Waals surface area contributed by atoms with Gasteiger partial charge in [0.15, 0.2) is 11.5 Å². The van der Waals surface area contributed by atoms with Crippen LogP contribution >= 0.6 is 0 Å². The Morgan fingerprint density at radius 2 is 1.71 bits per heavy atom. The molecule has 0 atom stereocenters. The van der Waals surface area contributed by atoms with Crippen LogP contribution in [0.1, 0.15) is 10.4 Å². The SMILES string of the molecule is COc1ccccc1Oc1ccc(NC(=O)c2cccnc2)cc1. The number of hydrogen-bond donors (Lipinski definition) is 1. The minimum absolute atomic E-state index is 0.207. The highest BCUT2D eigenvalue weighted by Gasteiger charge is 2.07. The lowest BCUT2D eigenvalue weighted by molar-refractivity contribution is 0.102. The van der Waals surface area contributed by atoms with Gasteiger partial charge in [0.25, 0.3) is 5.91 Å². The van der Waals surface area contributed by atoms with E-state index in [9.17, 15) is 4.79 Å². The maximum atomic E-state index is 12.1. The summed E-state index contributed by atoms with van der Waals surface area (Å²) in [5.74, 6) is 1.74. The number of aromatic nitrogens is 1. The van der Waals surface area contributed by atoms with Gasteiger partial charge in [0.1, 0.15) is 5.75 Å². The molecule has 0 spiro atoms. The average Bonchev–Trinajstić information content (AvgIpc) is 2.64. The van der Waals surface area contributed by atoms with Crippen LogP contribution in [0.3, 0.4) is 0 Å². The van der Waals surface area contributed by atoms with Crippen LogP contribution < -0.4 is 14.8 Å². The van der Waals surface area contributed by atoms with Gasteiger partial charge in [-0.3, -0.25) is 9.78 Å². The average molecular weight is 320 g/mol. The molecule has 0 saturated carbocycles. The molecule has 2 aromatic carbocycles. The molecule has 0 radical (unpaired) electrons. The van der Waals surface area contributed by atoms with E-state index in [0.29, 0.717) is 28.5 Å². The first kappa shape index (κ1) is 15.6. The standard InChI is InChI=1S/C19H16N2O3/c1-23-17-6-2-3-7-18(17)24-16-10-8-15(9-11-16)21-19(22)14-5-4-12-20-13-14/h2-13H,1H3,(H,21,22). The van der Waals surface area contributed by atoms with Crippen molar-refractivity contribution in [1.29, 1.82) is 0 Å². The van der Waals surface area contributed by atoms with Gasteiger partial charge in [0.2, 0.25) is 0 Å². The number of rotatable bonds is 5. The second-order valence-corrected chi connectivity index (χ2v) is 4.97. The number of amides is 1. The topological polar surface area (TPSA) is 60.5 Å². The third kappa shape index (κ3) is 3.70. The quantitative estimate of drug-likeness (QED) is 0.767. The molecule has 3 rings (SSSR count). The Kier molecular flexibility index (Phi) is 4.72. The number of nitrogens with zero attached hydrogens (tertiary/aromatic N) is 1. The lowest BCUT2D eigenvalue weighted by atomic mass is 10.2. The molecule has 0 saturated heterocycles. The number of anilines is 1. The molecule has 24 heavy (non-hydrogen) atoms. The van der Waals surface area contributed by atoms with E-state index < -0.39 is 0 Å². The molecule has 0 aliphatic carbocycles. The molecule has 1 amide bonds. The molecule has 1 N–H and O–H groups in total. The summed E-state index contributed by atoms with van der Waals surface area (Å²) >= 11 is 0. The number of nitrogens with one attached hydrogen (secondary N) is 1. The van der Waals surface area contributed by atoms with Crippen molar-refractivity contribution in [3.05, 3.63) is 78.6 Å². The monoisotopic (exact) mass is 320 g/mol. The minimum Gasteiger partial charge on any atom is -0.493 e. The number of carbonyl (C=O) groups is 1. The molecule has 5 nitrogen and oxygen atoms in total.